The number of fused-ring (bicyclic) bond motifs is 2. The van der Waals surface area contributed by atoms with E-state index >= 15 is 0 Å². The third kappa shape index (κ3) is 4.89. The van der Waals surface area contributed by atoms with Crippen molar-refractivity contribution in [2.24, 2.45) is 0 Å². The van der Waals surface area contributed by atoms with Gasteiger partial charge in [0, 0.05) is 12.1 Å². The van der Waals surface area contributed by atoms with Gasteiger partial charge in [-0.05, 0) is 54.0 Å². The van der Waals surface area contributed by atoms with Gasteiger partial charge < -0.3 is 13.6 Å². The fourth-order valence-electron chi connectivity index (χ4n) is 3.13. The van der Waals surface area contributed by atoms with E-state index in [2.05, 4.69) is 38.8 Å². The molecule has 1 aliphatic heterocycles. The lowest BCUT2D eigenvalue weighted by atomic mass is 10.1. The molecular weight excluding hydrogens is 434 g/mol. The van der Waals surface area contributed by atoms with Crippen molar-refractivity contribution < 1.29 is 18.4 Å². The molecule has 0 unspecified atom stereocenters. The molecule has 33 heavy (non-hydrogen) atoms. The first-order valence-corrected chi connectivity index (χ1v) is 13.7. The Kier molecular flexibility index (Phi) is 5.94. The summed E-state index contributed by atoms with van der Waals surface area (Å²) in [6.45, 7) is 11.3. The van der Waals surface area contributed by atoms with Gasteiger partial charge in [-0.25, -0.2) is 9.78 Å². The highest BCUT2D eigenvalue weighted by atomic mass is 28.4. The predicted octanol–water partition coefficient (Wildman–Crippen LogP) is 6.03. The van der Waals surface area contributed by atoms with Crippen LogP contribution in [-0.2, 0) is 11.0 Å². The van der Waals surface area contributed by atoms with Crippen LogP contribution in [0.1, 0.15) is 36.7 Å². The minimum atomic E-state index is -1.97. The molecular formula is C26H27NO5Si. The molecule has 4 rings (SSSR count). The van der Waals surface area contributed by atoms with E-state index < -0.39 is 14.3 Å². The topological polar surface area (TPSA) is 78.6 Å². The molecule has 7 heteroatoms. The Labute approximate surface area is 193 Å². The van der Waals surface area contributed by atoms with Gasteiger partial charge in [-0.15, -0.1) is 0 Å². The average molecular weight is 462 g/mol. The lowest BCUT2D eigenvalue weighted by molar-refractivity contribution is 0.0731. The van der Waals surface area contributed by atoms with Gasteiger partial charge in [0.15, 0.2) is 25.1 Å². The van der Waals surface area contributed by atoms with Gasteiger partial charge in [0.25, 0.3) is 0 Å². The van der Waals surface area contributed by atoms with Crippen LogP contribution in [0.25, 0.3) is 22.6 Å². The number of benzene rings is 3. The molecule has 6 nitrogen and oxygen atoms in total. The number of nitrogens with zero attached hydrogens (tertiary/aromatic N) is 1. The van der Waals surface area contributed by atoms with E-state index in [9.17, 15) is 9.59 Å². The van der Waals surface area contributed by atoms with Gasteiger partial charge >= 0.3 is 5.97 Å². The summed E-state index contributed by atoms with van der Waals surface area (Å²) in [7, 11) is -1.97. The van der Waals surface area contributed by atoms with Crippen molar-refractivity contribution in [2.75, 3.05) is 0 Å². The Bertz CT molecular complexity index is 1350. The first-order chi connectivity index (χ1) is 15.5. The smallest absolute Gasteiger partial charge is 0.343 e. The van der Waals surface area contributed by atoms with Gasteiger partial charge in [-0.2, -0.15) is 0 Å². The van der Waals surface area contributed by atoms with E-state index in [1.807, 2.05) is 12.1 Å². The number of carbonyl (C=O) groups excluding carboxylic acids is 1. The summed E-state index contributed by atoms with van der Waals surface area (Å²) in [6, 6.07) is 16.8. The first kappa shape index (κ1) is 22.9. The third-order valence-electron chi connectivity index (χ3n) is 6.17. The molecule has 0 aromatic heterocycles. The highest BCUT2D eigenvalue weighted by Crippen LogP contribution is 2.37. The normalized spacial score (nSPS) is 12.3. The van der Waals surface area contributed by atoms with E-state index in [1.54, 1.807) is 36.4 Å². The van der Waals surface area contributed by atoms with Crippen LogP contribution in [0.5, 0.6) is 5.75 Å². The maximum absolute atomic E-state index is 13.0. The second-order valence-electron chi connectivity index (χ2n) is 9.57. The molecule has 0 atom stereocenters. The number of hydrogen-bond donors (Lipinski definition) is 0. The van der Waals surface area contributed by atoms with Crippen molar-refractivity contribution in [3.63, 3.8) is 0 Å². The highest BCUT2D eigenvalue weighted by Gasteiger charge is 2.37. The van der Waals surface area contributed by atoms with E-state index in [1.165, 1.54) is 12.1 Å². The van der Waals surface area contributed by atoms with Gasteiger partial charge in [-0.3, -0.25) is 4.79 Å². The van der Waals surface area contributed by atoms with Crippen molar-refractivity contribution in [1.29, 1.82) is 0 Å². The number of aromatic nitrogens is 1. The SMILES string of the molecule is CC(C)(C)[Si](C)(C)OCc1ccccc1C(=O)Oc1ccc2nc3ccc(=O)cc-3oc2c1. The Hall–Kier alpha value is -3.29. The molecule has 2 aliphatic rings. The minimum Gasteiger partial charge on any atom is -0.453 e. The summed E-state index contributed by atoms with van der Waals surface area (Å²) >= 11 is 0. The molecule has 0 spiro atoms. The monoisotopic (exact) mass is 461 g/mol. The van der Waals surface area contributed by atoms with Gasteiger partial charge in [0.1, 0.15) is 17.0 Å². The Morgan fingerprint density at radius 2 is 1.79 bits per heavy atom. The second-order valence-corrected chi connectivity index (χ2v) is 14.4. The Morgan fingerprint density at radius 3 is 2.55 bits per heavy atom. The fourth-order valence-corrected chi connectivity index (χ4v) is 4.08. The molecule has 1 heterocycles. The molecule has 0 radical (unpaired) electrons. The molecule has 0 fully saturated rings. The third-order valence-corrected chi connectivity index (χ3v) is 10.6. The molecule has 1 aliphatic carbocycles. The van der Waals surface area contributed by atoms with Crippen LogP contribution in [0.3, 0.4) is 0 Å². The molecule has 0 bridgehead atoms. The fraction of sp³-hybridized carbons (Fsp3) is 0.269. The minimum absolute atomic E-state index is 0.0715. The van der Waals surface area contributed by atoms with Crippen molar-refractivity contribution in [1.82, 2.24) is 4.98 Å². The lowest BCUT2D eigenvalue weighted by Gasteiger charge is -2.36. The number of rotatable bonds is 5. The number of carbonyl (C=O) groups is 1. The van der Waals surface area contributed by atoms with Gasteiger partial charge in [-0.1, -0.05) is 39.0 Å². The summed E-state index contributed by atoms with van der Waals surface area (Å²) in [6.07, 6.45) is 0. The van der Waals surface area contributed by atoms with E-state index in [-0.39, 0.29) is 10.5 Å². The molecule has 0 saturated heterocycles. The summed E-state index contributed by atoms with van der Waals surface area (Å²) < 4.78 is 17.8. The van der Waals surface area contributed by atoms with E-state index in [0.717, 1.165) is 5.56 Å². The van der Waals surface area contributed by atoms with Crippen molar-refractivity contribution in [3.8, 4) is 17.2 Å². The summed E-state index contributed by atoms with van der Waals surface area (Å²) in [5, 5.41) is 0.0715. The van der Waals surface area contributed by atoms with Crippen LogP contribution in [0.4, 0.5) is 0 Å². The molecule has 0 amide bonds. The van der Waals surface area contributed by atoms with Crippen LogP contribution < -0.4 is 10.2 Å². The van der Waals surface area contributed by atoms with Gasteiger partial charge in [0.2, 0.25) is 0 Å². The molecule has 2 aromatic carbocycles. The number of ether oxygens (including phenoxy) is 1. The highest BCUT2D eigenvalue weighted by molar-refractivity contribution is 6.74. The zero-order chi connectivity index (χ0) is 23.8. The van der Waals surface area contributed by atoms with Crippen LogP contribution >= 0.6 is 0 Å². The largest absolute Gasteiger partial charge is 0.453 e. The quantitative estimate of drug-likeness (QED) is 0.156. The van der Waals surface area contributed by atoms with Crippen molar-refractivity contribution >= 4 is 25.4 Å². The Balaban J connectivity index is 1.58. The van der Waals surface area contributed by atoms with E-state index in [4.69, 9.17) is 13.6 Å². The number of esters is 1. The molecule has 170 valence electrons. The average Bonchev–Trinajstić information content (AvgIpc) is 2.75. The first-order valence-electron chi connectivity index (χ1n) is 10.8. The van der Waals surface area contributed by atoms with Crippen molar-refractivity contribution in [3.05, 3.63) is 82.0 Å². The summed E-state index contributed by atoms with van der Waals surface area (Å²) in [5.74, 6) is 0.238. The molecule has 2 aromatic rings. The van der Waals surface area contributed by atoms with E-state index in [0.29, 0.717) is 40.5 Å². The van der Waals surface area contributed by atoms with Crippen LogP contribution in [0.15, 0.2) is 69.9 Å². The molecule has 0 saturated carbocycles. The maximum atomic E-state index is 13.0. The standard InChI is InChI=1S/C26H27NO5Si/c1-26(2,3)33(4,5)30-16-17-8-6-7-9-20(17)25(29)31-19-11-13-22-24(15-19)32-23-14-18(28)10-12-21(23)27-22/h6-15H,16H2,1-5H3. The van der Waals surface area contributed by atoms with Crippen molar-refractivity contribution in [2.45, 2.75) is 45.5 Å². The summed E-state index contributed by atoms with van der Waals surface area (Å²) in [4.78, 5) is 29.1. The zero-order valence-corrected chi connectivity index (χ0v) is 20.5. The van der Waals surface area contributed by atoms with Gasteiger partial charge in [0.05, 0.1) is 12.2 Å². The van der Waals surface area contributed by atoms with Crippen LogP contribution in [-0.4, -0.2) is 19.3 Å². The predicted molar refractivity (Wildman–Crippen MR) is 130 cm³/mol. The summed E-state index contributed by atoms with van der Waals surface area (Å²) in [5.41, 5.74) is 2.69. The Morgan fingerprint density at radius 1 is 1.03 bits per heavy atom. The molecule has 0 N–H and O–H groups in total. The number of hydrogen-bond acceptors (Lipinski definition) is 6. The van der Waals surface area contributed by atoms with Crippen LogP contribution in [0.2, 0.25) is 18.1 Å². The zero-order valence-electron chi connectivity index (χ0n) is 19.5. The maximum Gasteiger partial charge on any atom is 0.343 e. The lowest BCUT2D eigenvalue weighted by Crippen LogP contribution is -2.40. The van der Waals surface area contributed by atoms with Crippen LogP contribution in [0, 0.1) is 0 Å². The second kappa shape index (κ2) is 8.57.